The highest BCUT2D eigenvalue weighted by atomic mass is 16.3. The van der Waals surface area contributed by atoms with Gasteiger partial charge in [0.2, 0.25) is 0 Å². The lowest BCUT2D eigenvalue weighted by molar-refractivity contribution is -0.144. The van der Waals surface area contributed by atoms with E-state index in [4.69, 9.17) is 0 Å². The van der Waals surface area contributed by atoms with E-state index < -0.39 is 5.60 Å². The standard InChI is InChI=1S/C18H27NO/c19-12-16(18(20)4-2-1-3-5-18)17-9-13-6-14(10-17)8-15(7-13)11-17/h13-16,20H,1-11H2. The molecule has 0 radical (unpaired) electrons. The predicted octanol–water partition coefficient (Wildman–Crippen LogP) is 4.04. The summed E-state index contributed by atoms with van der Waals surface area (Å²) in [7, 11) is 0. The third-order valence-electron chi connectivity index (χ3n) is 7.08. The summed E-state index contributed by atoms with van der Waals surface area (Å²) in [4.78, 5) is 0. The lowest BCUT2D eigenvalue weighted by atomic mass is 9.44. The van der Waals surface area contributed by atoms with E-state index in [-0.39, 0.29) is 11.3 Å². The lowest BCUT2D eigenvalue weighted by Gasteiger charge is -2.60. The zero-order valence-corrected chi connectivity index (χ0v) is 12.5. The topological polar surface area (TPSA) is 44.0 Å². The van der Waals surface area contributed by atoms with Gasteiger partial charge in [0, 0.05) is 0 Å². The molecule has 5 aliphatic rings. The molecule has 0 aromatic rings. The van der Waals surface area contributed by atoms with Crippen molar-refractivity contribution in [2.24, 2.45) is 29.1 Å². The van der Waals surface area contributed by atoms with E-state index in [1.54, 1.807) is 0 Å². The average Bonchev–Trinajstić information content (AvgIpc) is 2.37. The van der Waals surface area contributed by atoms with Crippen molar-refractivity contribution in [2.75, 3.05) is 0 Å². The molecule has 4 bridgehead atoms. The van der Waals surface area contributed by atoms with Crippen LogP contribution in [-0.2, 0) is 0 Å². The van der Waals surface area contributed by atoms with Crippen LogP contribution in [0.15, 0.2) is 0 Å². The smallest absolute Gasteiger partial charge is 0.0810 e. The van der Waals surface area contributed by atoms with Gasteiger partial charge in [-0.05, 0) is 74.5 Å². The third-order valence-corrected chi connectivity index (χ3v) is 7.08. The van der Waals surface area contributed by atoms with Gasteiger partial charge in [0.1, 0.15) is 0 Å². The second-order valence-corrected chi connectivity index (χ2v) is 8.51. The van der Waals surface area contributed by atoms with Gasteiger partial charge < -0.3 is 5.11 Å². The Bertz CT molecular complexity index is 394. The maximum absolute atomic E-state index is 11.2. The summed E-state index contributed by atoms with van der Waals surface area (Å²) in [5.41, 5.74) is -0.492. The third kappa shape index (κ3) is 1.86. The van der Waals surface area contributed by atoms with Gasteiger partial charge in [0.25, 0.3) is 0 Å². The normalized spacial score (nSPS) is 46.9. The molecule has 2 nitrogen and oxygen atoms in total. The van der Waals surface area contributed by atoms with Gasteiger partial charge in [-0.15, -0.1) is 0 Å². The van der Waals surface area contributed by atoms with E-state index >= 15 is 0 Å². The van der Waals surface area contributed by atoms with Crippen LogP contribution < -0.4 is 0 Å². The van der Waals surface area contributed by atoms with Crippen LogP contribution >= 0.6 is 0 Å². The summed E-state index contributed by atoms with van der Waals surface area (Å²) >= 11 is 0. The first-order valence-electron chi connectivity index (χ1n) is 8.76. The van der Waals surface area contributed by atoms with Crippen LogP contribution in [0.5, 0.6) is 0 Å². The molecule has 1 atom stereocenters. The molecule has 0 aliphatic heterocycles. The van der Waals surface area contributed by atoms with E-state index in [2.05, 4.69) is 6.07 Å². The van der Waals surface area contributed by atoms with Crippen LogP contribution in [0.2, 0.25) is 0 Å². The molecule has 1 N–H and O–H groups in total. The molecule has 0 spiro atoms. The number of nitrogens with zero attached hydrogens (tertiary/aromatic N) is 1. The highest BCUT2D eigenvalue weighted by Gasteiger charge is 2.59. The molecule has 5 aliphatic carbocycles. The fourth-order valence-corrected chi connectivity index (χ4v) is 6.81. The Balaban J connectivity index is 1.66. The van der Waals surface area contributed by atoms with Crippen molar-refractivity contribution in [1.82, 2.24) is 0 Å². The van der Waals surface area contributed by atoms with Crippen molar-refractivity contribution in [1.29, 1.82) is 5.26 Å². The van der Waals surface area contributed by atoms with E-state index in [1.165, 1.54) is 44.9 Å². The fraction of sp³-hybridized carbons (Fsp3) is 0.944. The second-order valence-electron chi connectivity index (χ2n) is 8.51. The molecule has 20 heavy (non-hydrogen) atoms. The van der Waals surface area contributed by atoms with Crippen molar-refractivity contribution in [3.05, 3.63) is 0 Å². The molecule has 110 valence electrons. The largest absolute Gasteiger partial charge is 0.389 e. The molecule has 1 unspecified atom stereocenters. The van der Waals surface area contributed by atoms with Crippen LogP contribution in [0.1, 0.15) is 70.6 Å². The maximum Gasteiger partial charge on any atom is 0.0810 e. The highest BCUT2D eigenvalue weighted by molar-refractivity contribution is 5.14. The summed E-state index contributed by atoms with van der Waals surface area (Å²) in [6.07, 6.45) is 13.1. The van der Waals surface area contributed by atoms with Crippen molar-refractivity contribution in [3.63, 3.8) is 0 Å². The molecule has 5 rings (SSSR count). The highest BCUT2D eigenvalue weighted by Crippen LogP contribution is 2.64. The minimum atomic E-state index is -0.668. The quantitative estimate of drug-likeness (QED) is 0.825. The molecule has 5 saturated carbocycles. The number of hydrogen-bond acceptors (Lipinski definition) is 2. The van der Waals surface area contributed by atoms with Gasteiger partial charge in [-0.25, -0.2) is 0 Å². The van der Waals surface area contributed by atoms with Gasteiger partial charge in [-0.2, -0.15) is 5.26 Å². The molecule has 0 amide bonds. The molecule has 0 aromatic carbocycles. The van der Waals surface area contributed by atoms with E-state index in [0.29, 0.717) is 0 Å². The molecule has 0 saturated heterocycles. The van der Waals surface area contributed by atoms with Crippen LogP contribution in [0.3, 0.4) is 0 Å². The Kier molecular flexibility index (Phi) is 2.94. The first kappa shape index (κ1) is 13.1. The summed E-state index contributed by atoms with van der Waals surface area (Å²) in [5, 5.41) is 21.1. The fourth-order valence-electron chi connectivity index (χ4n) is 6.81. The van der Waals surface area contributed by atoms with Crippen molar-refractivity contribution < 1.29 is 5.11 Å². The van der Waals surface area contributed by atoms with E-state index in [9.17, 15) is 10.4 Å². The molecule has 5 fully saturated rings. The first-order chi connectivity index (χ1) is 9.63. The van der Waals surface area contributed by atoms with Crippen molar-refractivity contribution in [2.45, 2.75) is 76.2 Å². The van der Waals surface area contributed by atoms with Crippen LogP contribution in [0.25, 0.3) is 0 Å². The van der Waals surface area contributed by atoms with E-state index in [1.807, 2.05) is 0 Å². The zero-order chi connectivity index (χ0) is 13.8. The van der Waals surface area contributed by atoms with E-state index in [0.717, 1.165) is 43.4 Å². The molecular weight excluding hydrogens is 246 g/mol. The van der Waals surface area contributed by atoms with Gasteiger partial charge in [-0.3, -0.25) is 0 Å². The van der Waals surface area contributed by atoms with Gasteiger partial charge in [0.15, 0.2) is 0 Å². The zero-order valence-electron chi connectivity index (χ0n) is 12.5. The van der Waals surface area contributed by atoms with Crippen LogP contribution in [-0.4, -0.2) is 10.7 Å². The molecule has 0 aromatic heterocycles. The SMILES string of the molecule is N#CC(C1(O)CCCCC1)C12CC3CC(CC(C3)C1)C2. The van der Waals surface area contributed by atoms with Gasteiger partial charge in [-0.1, -0.05) is 19.3 Å². The summed E-state index contributed by atoms with van der Waals surface area (Å²) in [6.45, 7) is 0. The Morgan fingerprint density at radius 2 is 1.40 bits per heavy atom. The Morgan fingerprint density at radius 1 is 0.900 bits per heavy atom. The number of aliphatic hydroxyl groups is 1. The first-order valence-corrected chi connectivity index (χ1v) is 8.76. The van der Waals surface area contributed by atoms with Gasteiger partial charge in [0.05, 0.1) is 17.6 Å². The molecule has 0 heterocycles. The van der Waals surface area contributed by atoms with Gasteiger partial charge >= 0.3 is 0 Å². The molecular formula is C18H27NO. The number of hydrogen-bond donors (Lipinski definition) is 1. The Morgan fingerprint density at radius 3 is 1.85 bits per heavy atom. The summed E-state index contributed by atoms with van der Waals surface area (Å²) < 4.78 is 0. The number of nitriles is 1. The average molecular weight is 273 g/mol. The monoisotopic (exact) mass is 273 g/mol. The maximum atomic E-state index is 11.2. The Hall–Kier alpha value is -0.550. The minimum absolute atomic E-state index is 0.0938. The number of rotatable bonds is 2. The molecule has 2 heteroatoms. The van der Waals surface area contributed by atoms with Crippen LogP contribution in [0, 0.1) is 40.4 Å². The summed E-state index contributed by atoms with van der Waals surface area (Å²) in [6, 6.07) is 2.62. The lowest BCUT2D eigenvalue weighted by Crippen LogP contribution is -2.56. The Labute approximate surface area is 122 Å². The minimum Gasteiger partial charge on any atom is -0.389 e. The second kappa shape index (κ2) is 4.47. The van der Waals surface area contributed by atoms with Crippen molar-refractivity contribution in [3.8, 4) is 6.07 Å². The predicted molar refractivity (Wildman–Crippen MR) is 77.7 cm³/mol. The van der Waals surface area contributed by atoms with Crippen molar-refractivity contribution >= 4 is 0 Å². The summed E-state index contributed by atoms with van der Waals surface area (Å²) in [5.74, 6) is 2.50. The van der Waals surface area contributed by atoms with Crippen LogP contribution in [0.4, 0.5) is 0 Å².